The molecule has 41 heavy (non-hydrogen) atoms. The van der Waals surface area contributed by atoms with Gasteiger partial charge in [-0.15, -0.1) is 0 Å². The topological polar surface area (TPSA) is 110 Å². The Bertz CT molecular complexity index is 1380. The van der Waals surface area contributed by atoms with Crippen molar-refractivity contribution in [3.05, 3.63) is 48.4 Å². The summed E-state index contributed by atoms with van der Waals surface area (Å²) in [6, 6.07) is 9.16. The fourth-order valence-corrected chi connectivity index (χ4v) is 4.33. The second-order valence-electron chi connectivity index (χ2n) is 9.19. The van der Waals surface area contributed by atoms with Crippen molar-refractivity contribution in [2.45, 2.75) is 24.6 Å². The summed E-state index contributed by atoms with van der Waals surface area (Å²) in [6.07, 6.45) is -10.9. The summed E-state index contributed by atoms with van der Waals surface area (Å²) in [6.45, 7) is 3.17. The lowest BCUT2D eigenvalue weighted by Gasteiger charge is -2.40. The van der Waals surface area contributed by atoms with Gasteiger partial charge in [0.1, 0.15) is 5.69 Å². The van der Waals surface area contributed by atoms with E-state index in [-0.39, 0.29) is 0 Å². The molecular formula is C24H21F9N4O4. The van der Waals surface area contributed by atoms with Gasteiger partial charge in [0, 0.05) is 54.3 Å². The normalized spacial score (nSPS) is 18.9. The lowest BCUT2D eigenvalue weighted by atomic mass is 9.93. The van der Waals surface area contributed by atoms with Crippen molar-refractivity contribution in [3.63, 3.8) is 0 Å². The van der Waals surface area contributed by atoms with E-state index in [0.717, 1.165) is 48.4 Å². The van der Waals surface area contributed by atoms with E-state index >= 15 is 0 Å². The number of aromatic nitrogens is 2. The van der Waals surface area contributed by atoms with Crippen molar-refractivity contribution >= 4 is 28.5 Å². The molecule has 2 saturated heterocycles. The van der Waals surface area contributed by atoms with E-state index in [1.807, 2.05) is 12.3 Å². The Morgan fingerprint density at radius 3 is 1.93 bits per heavy atom. The second-order valence-corrected chi connectivity index (χ2v) is 9.19. The molecule has 3 aromatic rings. The Labute approximate surface area is 225 Å². The van der Waals surface area contributed by atoms with Crippen LogP contribution >= 0.6 is 0 Å². The lowest BCUT2D eigenvalue weighted by Crippen LogP contribution is -2.52. The number of likely N-dealkylation sites (N-methyl/N-ethyl adjacent to an activating group) is 1. The van der Waals surface area contributed by atoms with Gasteiger partial charge in [0.05, 0.1) is 11.9 Å². The molecule has 0 amide bonds. The number of aliphatic carboxylic acids is 2. The first kappa shape index (κ1) is 31.5. The van der Waals surface area contributed by atoms with Gasteiger partial charge in [-0.2, -0.15) is 39.5 Å². The number of anilines is 1. The number of aromatic amines is 1. The van der Waals surface area contributed by atoms with Crippen LogP contribution in [0.5, 0.6) is 0 Å². The number of nitrogens with one attached hydrogen (secondary N) is 1. The molecule has 0 spiro atoms. The third-order valence-corrected chi connectivity index (χ3v) is 6.33. The van der Waals surface area contributed by atoms with Crippen LogP contribution in [0.2, 0.25) is 0 Å². The molecule has 224 valence electrons. The first-order valence-electron chi connectivity index (χ1n) is 11.5. The van der Waals surface area contributed by atoms with Crippen LogP contribution in [-0.4, -0.2) is 82.1 Å². The molecule has 1 aromatic carbocycles. The minimum atomic E-state index is -5.08. The maximum atomic E-state index is 12.9. The van der Waals surface area contributed by atoms with Crippen LogP contribution in [0.3, 0.4) is 0 Å². The molecule has 17 heteroatoms. The summed E-state index contributed by atoms with van der Waals surface area (Å²) in [7, 11) is 2.15. The van der Waals surface area contributed by atoms with Gasteiger partial charge in [-0.25, -0.2) is 9.59 Å². The van der Waals surface area contributed by atoms with Gasteiger partial charge in [-0.1, -0.05) is 6.07 Å². The molecule has 0 aliphatic carbocycles. The second kappa shape index (κ2) is 11.5. The number of pyridine rings is 1. The molecule has 2 aliphatic rings. The summed E-state index contributed by atoms with van der Waals surface area (Å²) in [4.78, 5) is 29.3. The predicted molar refractivity (Wildman–Crippen MR) is 126 cm³/mol. The number of fused-ring (bicyclic) bond motifs is 2. The quantitative estimate of drug-likeness (QED) is 0.344. The number of likely N-dealkylation sites (tertiary alicyclic amines) is 1. The number of rotatable bonds is 2. The van der Waals surface area contributed by atoms with E-state index in [0.29, 0.717) is 16.9 Å². The fourth-order valence-electron chi connectivity index (χ4n) is 4.33. The van der Waals surface area contributed by atoms with Gasteiger partial charge in [0.2, 0.25) is 0 Å². The monoisotopic (exact) mass is 600 g/mol. The fraction of sp³-hybridized carbons (Fsp3) is 0.375. The molecule has 0 radical (unpaired) electrons. The van der Waals surface area contributed by atoms with Gasteiger partial charge >= 0.3 is 30.5 Å². The summed E-state index contributed by atoms with van der Waals surface area (Å²) >= 11 is 0. The lowest BCUT2D eigenvalue weighted by molar-refractivity contribution is -0.193. The molecule has 5 rings (SSSR count). The third kappa shape index (κ3) is 7.80. The van der Waals surface area contributed by atoms with Crippen LogP contribution in [0.15, 0.2) is 42.7 Å². The van der Waals surface area contributed by atoms with E-state index < -0.39 is 36.2 Å². The first-order chi connectivity index (χ1) is 18.8. The number of halogens is 9. The third-order valence-electron chi connectivity index (χ3n) is 6.33. The molecule has 2 fully saturated rings. The van der Waals surface area contributed by atoms with Gasteiger partial charge < -0.3 is 25.0 Å². The zero-order valence-corrected chi connectivity index (χ0v) is 20.8. The van der Waals surface area contributed by atoms with Crippen molar-refractivity contribution < 1.29 is 59.3 Å². The molecule has 2 aliphatic heterocycles. The standard InChI is InChI=1S/C20H19F3N4.2C2HF3O2/c1-26-9-15-10-27(11-18(15)26)16-5-14(7-24-8-16)12-2-3-17-13(4-12)6-19(25-17)20(21,22)23;2*3-2(4,5)1(6)7/h2-8,15,18,25H,9-11H2,1H3;2*(H,6,7)/t15-,18+;;/m0../s1. The van der Waals surface area contributed by atoms with Gasteiger partial charge in [0.15, 0.2) is 0 Å². The Kier molecular flexibility index (Phi) is 8.81. The highest BCUT2D eigenvalue weighted by Crippen LogP contribution is 2.36. The van der Waals surface area contributed by atoms with Crippen molar-refractivity contribution in [2.24, 2.45) is 5.92 Å². The van der Waals surface area contributed by atoms with Crippen LogP contribution in [0.25, 0.3) is 22.0 Å². The van der Waals surface area contributed by atoms with Gasteiger partial charge in [-0.3, -0.25) is 4.98 Å². The maximum Gasteiger partial charge on any atom is 0.490 e. The van der Waals surface area contributed by atoms with E-state index in [4.69, 9.17) is 19.8 Å². The van der Waals surface area contributed by atoms with Crippen LogP contribution in [-0.2, 0) is 15.8 Å². The highest BCUT2D eigenvalue weighted by atomic mass is 19.4. The Morgan fingerprint density at radius 1 is 0.854 bits per heavy atom. The molecule has 4 heterocycles. The summed E-state index contributed by atoms with van der Waals surface area (Å²) in [5, 5.41) is 14.8. The number of alkyl halides is 9. The molecule has 2 atom stereocenters. The summed E-state index contributed by atoms with van der Waals surface area (Å²) < 4.78 is 102. The maximum absolute atomic E-state index is 12.9. The molecule has 0 unspecified atom stereocenters. The number of H-pyrrole nitrogens is 1. The van der Waals surface area contributed by atoms with Crippen molar-refractivity contribution in [2.75, 3.05) is 31.6 Å². The molecular weight excluding hydrogens is 579 g/mol. The van der Waals surface area contributed by atoms with Crippen LogP contribution in [0.4, 0.5) is 45.2 Å². The minimum absolute atomic E-state index is 0.481. The highest BCUT2D eigenvalue weighted by molar-refractivity contribution is 5.86. The average molecular weight is 600 g/mol. The smallest absolute Gasteiger partial charge is 0.475 e. The van der Waals surface area contributed by atoms with Crippen LogP contribution in [0, 0.1) is 5.92 Å². The predicted octanol–water partition coefficient (Wildman–Crippen LogP) is 5.27. The zero-order chi connectivity index (χ0) is 30.9. The number of carbonyl (C=O) groups is 2. The Morgan fingerprint density at radius 2 is 1.44 bits per heavy atom. The van der Waals surface area contributed by atoms with Crippen LogP contribution < -0.4 is 4.90 Å². The summed E-state index contributed by atoms with van der Waals surface area (Å²) in [5.74, 6) is -4.80. The van der Waals surface area contributed by atoms with Crippen molar-refractivity contribution in [1.82, 2.24) is 14.9 Å². The molecule has 0 saturated carbocycles. The van der Waals surface area contributed by atoms with Gasteiger partial charge in [0.25, 0.3) is 0 Å². The molecule has 3 N–H and O–H groups in total. The first-order valence-corrected chi connectivity index (χ1v) is 11.5. The number of hydrogen-bond donors (Lipinski definition) is 3. The molecule has 2 aromatic heterocycles. The molecule has 0 bridgehead atoms. The van der Waals surface area contributed by atoms with E-state index in [9.17, 15) is 39.5 Å². The van der Waals surface area contributed by atoms with Gasteiger partial charge in [-0.05, 0) is 36.9 Å². The SMILES string of the molecule is CN1C[C@H]2CN(c3cncc(-c4ccc5[nH]c(C(F)(F)F)cc5c4)c3)C[C@H]21.O=C(O)C(F)(F)F.O=C(O)C(F)(F)F. The Hall–Kier alpha value is -4.02. The average Bonchev–Trinajstić information content (AvgIpc) is 3.44. The van der Waals surface area contributed by atoms with Crippen molar-refractivity contribution in [1.29, 1.82) is 0 Å². The number of nitrogens with zero attached hydrogens (tertiary/aromatic N) is 3. The van der Waals surface area contributed by atoms with Crippen LogP contribution in [0.1, 0.15) is 5.69 Å². The minimum Gasteiger partial charge on any atom is -0.475 e. The van der Waals surface area contributed by atoms with Crippen molar-refractivity contribution in [3.8, 4) is 11.1 Å². The number of carboxylic acids is 2. The molecule has 8 nitrogen and oxygen atoms in total. The zero-order valence-electron chi connectivity index (χ0n) is 20.8. The number of carboxylic acid groups (broad SMARTS) is 2. The summed E-state index contributed by atoms with van der Waals surface area (Å²) in [5.41, 5.74) is 2.61. The Balaban J connectivity index is 0.000000276. The van der Waals surface area contributed by atoms with E-state index in [2.05, 4.69) is 32.9 Å². The van der Waals surface area contributed by atoms with E-state index in [1.165, 1.54) is 0 Å². The number of benzene rings is 1. The number of hydrogen-bond acceptors (Lipinski definition) is 5. The van der Waals surface area contributed by atoms with E-state index in [1.54, 1.807) is 18.3 Å². The highest BCUT2D eigenvalue weighted by Gasteiger charge is 2.43. The largest absolute Gasteiger partial charge is 0.490 e.